The number of nitriles is 1. The number of benzene rings is 1. The summed E-state index contributed by atoms with van der Waals surface area (Å²) >= 11 is 1.07. The Labute approximate surface area is 132 Å². The lowest BCUT2D eigenvalue weighted by atomic mass is 9.87. The number of allylic oxidation sites excluding steroid dienone is 1. The Morgan fingerprint density at radius 3 is 3.00 bits per heavy atom. The maximum Gasteiger partial charge on any atom is 0.227 e. The molecule has 1 aromatic rings. The van der Waals surface area contributed by atoms with E-state index in [1.807, 2.05) is 12.1 Å². The van der Waals surface area contributed by atoms with Crippen LogP contribution in [0.1, 0.15) is 17.9 Å². The zero-order valence-electron chi connectivity index (χ0n) is 12.0. The molecule has 114 valence electrons. The van der Waals surface area contributed by atoms with Crippen molar-refractivity contribution in [2.75, 3.05) is 12.9 Å². The molecule has 0 saturated carbocycles. The van der Waals surface area contributed by atoms with E-state index in [1.54, 1.807) is 19.2 Å². The van der Waals surface area contributed by atoms with Gasteiger partial charge in [-0.15, -0.1) is 0 Å². The van der Waals surface area contributed by atoms with Crippen molar-refractivity contribution in [1.29, 1.82) is 5.26 Å². The number of thioether (sulfide) groups is 1. The largest absolute Gasteiger partial charge is 0.497 e. The Bertz CT molecular complexity index is 679. The van der Waals surface area contributed by atoms with E-state index in [1.165, 1.54) is 0 Å². The van der Waals surface area contributed by atoms with Gasteiger partial charge in [-0.2, -0.15) is 5.26 Å². The first-order valence-corrected chi connectivity index (χ1v) is 7.53. The van der Waals surface area contributed by atoms with Crippen molar-refractivity contribution in [1.82, 2.24) is 5.32 Å². The predicted molar refractivity (Wildman–Crippen MR) is 82.8 cm³/mol. The highest BCUT2D eigenvalue weighted by atomic mass is 32.2. The van der Waals surface area contributed by atoms with Gasteiger partial charge in [0.05, 0.1) is 29.5 Å². The van der Waals surface area contributed by atoms with Gasteiger partial charge in [0, 0.05) is 12.3 Å². The Morgan fingerprint density at radius 1 is 1.59 bits per heavy atom. The molecular formula is C15H15N3O3S. The van der Waals surface area contributed by atoms with Crippen molar-refractivity contribution in [3.8, 4) is 11.8 Å². The number of hydrogen-bond donors (Lipinski definition) is 2. The number of methoxy groups -OCH3 is 1. The van der Waals surface area contributed by atoms with E-state index in [9.17, 15) is 14.9 Å². The molecule has 0 saturated heterocycles. The smallest absolute Gasteiger partial charge is 0.227 e. The van der Waals surface area contributed by atoms with Crippen LogP contribution in [0.2, 0.25) is 0 Å². The van der Waals surface area contributed by atoms with Crippen molar-refractivity contribution >= 4 is 23.6 Å². The summed E-state index contributed by atoms with van der Waals surface area (Å²) in [5.41, 5.74) is 6.37. The standard InChI is InChI=1S/C15H15N3O3S/c1-21-10-4-2-3-9(5-10)11-6-14(20)18-15(12(11)7-16)22-8-13(17)19/h2-5,11H,6,8H2,1H3,(H2,17,19)(H,18,20). The predicted octanol–water partition coefficient (Wildman–Crippen LogP) is 1.25. The molecule has 1 heterocycles. The fraction of sp³-hybridized carbons (Fsp3) is 0.267. The van der Waals surface area contributed by atoms with Crippen molar-refractivity contribution in [3.63, 3.8) is 0 Å². The second kappa shape index (κ2) is 7.00. The normalized spacial score (nSPS) is 17.6. The van der Waals surface area contributed by atoms with Gasteiger partial charge in [-0.25, -0.2) is 0 Å². The number of amides is 2. The van der Waals surface area contributed by atoms with E-state index in [-0.39, 0.29) is 24.0 Å². The van der Waals surface area contributed by atoms with Gasteiger partial charge in [0.15, 0.2) is 0 Å². The van der Waals surface area contributed by atoms with E-state index < -0.39 is 5.91 Å². The van der Waals surface area contributed by atoms with Crippen LogP contribution in [0, 0.1) is 11.3 Å². The molecule has 0 bridgehead atoms. The third-order valence-corrected chi connectivity index (χ3v) is 4.25. The minimum absolute atomic E-state index is 0.00558. The third-order valence-electron chi connectivity index (χ3n) is 3.21. The van der Waals surface area contributed by atoms with E-state index in [2.05, 4.69) is 11.4 Å². The minimum Gasteiger partial charge on any atom is -0.497 e. The van der Waals surface area contributed by atoms with Crippen LogP contribution in [0.15, 0.2) is 34.9 Å². The van der Waals surface area contributed by atoms with Gasteiger partial charge < -0.3 is 15.8 Å². The van der Waals surface area contributed by atoms with Crippen molar-refractivity contribution in [2.45, 2.75) is 12.3 Å². The fourth-order valence-electron chi connectivity index (χ4n) is 2.22. The highest BCUT2D eigenvalue weighted by Crippen LogP contribution is 2.36. The summed E-state index contributed by atoms with van der Waals surface area (Å²) in [5.74, 6) is -0.395. The molecule has 7 heteroatoms. The summed E-state index contributed by atoms with van der Waals surface area (Å²) in [5, 5.41) is 12.5. The molecule has 6 nitrogen and oxygen atoms in total. The zero-order valence-corrected chi connectivity index (χ0v) is 12.8. The van der Waals surface area contributed by atoms with Gasteiger partial charge in [0.1, 0.15) is 5.75 Å². The summed E-state index contributed by atoms with van der Waals surface area (Å²) in [6.45, 7) is 0. The lowest BCUT2D eigenvalue weighted by Gasteiger charge is -2.25. The maximum atomic E-state index is 11.9. The van der Waals surface area contributed by atoms with Crippen LogP contribution in [0.5, 0.6) is 5.75 Å². The molecule has 1 aromatic carbocycles. The third kappa shape index (κ3) is 3.59. The molecule has 2 amide bonds. The summed E-state index contributed by atoms with van der Waals surface area (Å²) in [6.07, 6.45) is 0.177. The second-order valence-electron chi connectivity index (χ2n) is 4.69. The van der Waals surface area contributed by atoms with Crippen LogP contribution in [-0.2, 0) is 9.59 Å². The topological polar surface area (TPSA) is 105 Å². The van der Waals surface area contributed by atoms with Crippen LogP contribution < -0.4 is 15.8 Å². The molecular weight excluding hydrogens is 302 g/mol. The minimum atomic E-state index is -0.507. The number of ether oxygens (including phenoxy) is 1. The number of primary amides is 1. The lowest BCUT2D eigenvalue weighted by Crippen LogP contribution is -2.31. The highest BCUT2D eigenvalue weighted by Gasteiger charge is 2.29. The first-order valence-electron chi connectivity index (χ1n) is 6.54. The van der Waals surface area contributed by atoms with Crippen molar-refractivity contribution in [2.24, 2.45) is 5.73 Å². The van der Waals surface area contributed by atoms with Crippen LogP contribution in [0.3, 0.4) is 0 Å². The number of nitrogens with two attached hydrogens (primary N) is 1. The number of nitrogens with zero attached hydrogens (tertiary/aromatic N) is 1. The molecule has 1 aliphatic heterocycles. The molecule has 0 aromatic heterocycles. The Hall–Kier alpha value is -2.46. The van der Waals surface area contributed by atoms with E-state index in [0.29, 0.717) is 16.4 Å². The molecule has 1 aliphatic rings. The van der Waals surface area contributed by atoms with Crippen LogP contribution in [0.25, 0.3) is 0 Å². The molecule has 0 fully saturated rings. The van der Waals surface area contributed by atoms with E-state index in [0.717, 1.165) is 17.3 Å². The second-order valence-corrected chi connectivity index (χ2v) is 5.68. The number of nitrogens with one attached hydrogen (secondary N) is 1. The van der Waals surface area contributed by atoms with Gasteiger partial charge in [-0.1, -0.05) is 23.9 Å². The lowest BCUT2D eigenvalue weighted by molar-refractivity contribution is -0.121. The molecule has 0 radical (unpaired) electrons. The van der Waals surface area contributed by atoms with Gasteiger partial charge in [0.25, 0.3) is 0 Å². The van der Waals surface area contributed by atoms with Gasteiger partial charge in [0.2, 0.25) is 11.8 Å². The number of carbonyl (C=O) groups excluding carboxylic acids is 2. The molecule has 0 aliphatic carbocycles. The molecule has 22 heavy (non-hydrogen) atoms. The van der Waals surface area contributed by atoms with Gasteiger partial charge >= 0.3 is 0 Å². The van der Waals surface area contributed by atoms with Crippen LogP contribution in [0.4, 0.5) is 0 Å². The van der Waals surface area contributed by atoms with Crippen LogP contribution >= 0.6 is 11.8 Å². The maximum absolute atomic E-state index is 11.9. The SMILES string of the molecule is COc1cccc(C2CC(=O)NC(SCC(N)=O)=C2C#N)c1. The molecule has 3 N–H and O–H groups in total. The van der Waals surface area contributed by atoms with Gasteiger partial charge in [-0.3, -0.25) is 9.59 Å². The molecule has 1 unspecified atom stereocenters. The van der Waals surface area contributed by atoms with Crippen molar-refractivity contribution < 1.29 is 14.3 Å². The number of carbonyl (C=O) groups is 2. The Balaban J connectivity index is 2.39. The molecule has 0 spiro atoms. The van der Waals surface area contributed by atoms with E-state index in [4.69, 9.17) is 10.5 Å². The Morgan fingerprint density at radius 2 is 2.36 bits per heavy atom. The van der Waals surface area contributed by atoms with E-state index >= 15 is 0 Å². The molecule has 2 rings (SSSR count). The average Bonchev–Trinajstić information content (AvgIpc) is 2.52. The summed E-state index contributed by atoms with van der Waals surface area (Å²) in [4.78, 5) is 22.8. The number of rotatable bonds is 5. The van der Waals surface area contributed by atoms with Gasteiger partial charge in [-0.05, 0) is 17.7 Å². The number of hydrogen-bond acceptors (Lipinski definition) is 5. The quantitative estimate of drug-likeness (QED) is 0.850. The monoisotopic (exact) mass is 317 g/mol. The highest BCUT2D eigenvalue weighted by molar-refractivity contribution is 8.03. The zero-order chi connectivity index (χ0) is 16.1. The summed E-state index contributed by atoms with van der Waals surface area (Å²) in [7, 11) is 1.56. The first kappa shape index (κ1) is 15.9. The average molecular weight is 317 g/mol. The van der Waals surface area contributed by atoms with Crippen LogP contribution in [-0.4, -0.2) is 24.7 Å². The Kier molecular flexibility index (Phi) is 5.07. The summed E-state index contributed by atoms with van der Waals surface area (Å²) in [6, 6.07) is 9.39. The summed E-state index contributed by atoms with van der Waals surface area (Å²) < 4.78 is 5.18. The molecule has 1 atom stereocenters. The fourth-order valence-corrected chi connectivity index (χ4v) is 3.04. The first-order chi connectivity index (χ1) is 10.5. The van der Waals surface area contributed by atoms with Crippen molar-refractivity contribution in [3.05, 3.63) is 40.4 Å².